The molecule has 2 heterocycles. The summed E-state index contributed by atoms with van der Waals surface area (Å²) in [6.07, 6.45) is 2.09. The van der Waals surface area contributed by atoms with Crippen LogP contribution in [-0.4, -0.2) is 33.2 Å². The summed E-state index contributed by atoms with van der Waals surface area (Å²) in [6, 6.07) is 19.4. The molecule has 27 heavy (non-hydrogen) atoms. The molecule has 2 amide bonds. The molecule has 1 aliphatic heterocycles. The lowest BCUT2D eigenvalue weighted by atomic mass is 10.1. The minimum Gasteiger partial charge on any atom is -0.348 e. The topological polar surface area (TPSA) is 67.2 Å². The highest BCUT2D eigenvalue weighted by atomic mass is 16.2. The van der Waals surface area contributed by atoms with Crippen LogP contribution >= 0.6 is 0 Å². The molecule has 0 unspecified atom stereocenters. The monoisotopic (exact) mass is 360 g/mol. The maximum Gasteiger partial charge on any atom is 0.345 e. The van der Waals surface area contributed by atoms with E-state index in [-0.39, 0.29) is 11.9 Å². The highest BCUT2D eigenvalue weighted by molar-refractivity contribution is 5.96. The summed E-state index contributed by atoms with van der Waals surface area (Å²) in [5.74, 6) is -0.204. The van der Waals surface area contributed by atoms with Crippen molar-refractivity contribution in [1.82, 2.24) is 20.0 Å². The number of fused-ring (bicyclic) bond motifs is 1. The van der Waals surface area contributed by atoms with Gasteiger partial charge in [-0.1, -0.05) is 60.7 Å². The summed E-state index contributed by atoms with van der Waals surface area (Å²) in [5, 5.41) is 7.07. The third kappa shape index (κ3) is 3.60. The zero-order valence-corrected chi connectivity index (χ0v) is 14.8. The van der Waals surface area contributed by atoms with Crippen molar-refractivity contribution < 1.29 is 9.59 Å². The van der Waals surface area contributed by atoms with Gasteiger partial charge in [-0.2, -0.15) is 9.78 Å². The van der Waals surface area contributed by atoms with Gasteiger partial charge in [0.1, 0.15) is 0 Å². The van der Waals surface area contributed by atoms with Gasteiger partial charge in [0.2, 0.25) is 0 Å². The number of carbonyl (C=O) groups is 2. The van der Waals surface area contributed by atoms with E-state index in [0.717, 1.165) is 11.1 Å². The highest BCUT2D eigenvalue weighted by Crippen LogP contribution is 2.18. The number of carbonyl (C=O) groups excluding carboxylic acids is 2. The molecule has 1 N–H and O–H groups in total. The molecule has 0 atom stereocenters. The molecule has 0 aliphatic carbocycles. The molecule has 0 spiro atoms. The Kier molecular flexibility index (Phi) is 4.70. The van der Waals surface area contributed by atoms with Crippen LogP contribution in [0.1, 0.15) is 27.2 Å². The Balaban J connectivity index is 1.46. The Bertz CT molecular complexity index is 937. The van der Waals surface area contributed by atoms with E-state index < -0.39 is 0 Å². The fraction of sp³-hybridized carbons (Fsp3) is 0.190. The summed E-state index contributed by atoms with van der Waals surface area (Å²) >= 11 is 0. The average Bonchev–Trinajstić information content (AvgIpc) is 3.15. The average molecular weight is 360 g/mol. The summed E-state index contributed by atoms with van der Waals surface area (Å²) in [6.45, 7) is 1.55. The van der Waals surface area contributed by atoms with Crippen molar-refractivity contribution in [3.05, 3.63) is 89.2 Å². The van der Waals surface area contributed by atoms with E-state index in [2.05, 4.69) is 10.4 Å². The number of aromatic nitrogens is 2. The molecule has 4 rings (SSSR count). The third-order valence-electron chi connectivity index (χ3n) is 4.70. The van der Waals surface area contributed by atoms with Crippen molar-refractivity contribution in [2.75, 3.05) is 6.54 Å². The molecule has 0 fully saturated rings. The molecule has 6 nitrogen and oxygen atoms in total. The maximum absolute atomic E-state index is 12.7. The minimum absolute atomic E-state index is 0.192. The van der Waals surface area contributed by atoms with Gasteiger partial charge in [-0.05, 0) is 11.1 Å². The molecule has 0 radical (unpaired) electrons. The van der Waals surface area contributed by atoms with Gasteiger partial charge in [0.05, 0.1) is 17.5 Å². The standard InChI is InChI=1S/C21H20N4O2/c26-20(22-13-16-7-3-1-4-8-16)18-14-23-25-19(18)11-12-24(21(25)27)15-17-9-5-2-6-10-17/h1-10,14H,11-13,15H2,(H,22,26). The number of hydrogen-bond donors (Lipinski definition) is 1. The SMILES string of the molecule is O=C(NCc1ccccc1)c1cnn2c1CCN(Cc1ccccc1)C2=O. The van der Waals surface area contributed by atoms with Crippen molar-refractivity contribution in [3.8, 4) is 0 Å². The summed E-state index contributed by atoms with van der Waals surface area (Å²) in [4.78, 5) is 27.0. The van der Waals surface area contributed by atoms with Gasteiger partial charge in [0.15, 0.2) is 0 Å². The molecule has 6 heteroatoms. The van der Waals surface area contributed by atoms with Crippen molar-refractivity contribution in [1.29, 1.82) is 0 Å². The lowest BCUT2D eigenvalue weighted by Crippen LogP contribution is -2.42. The molecule has 2 aromatic carbocycles. The van der Waals surface area contributed by atoms with Crippen LogP contribution in [0.2, 0.25) is 0 Å². The van der Waals surface area contributed by atoms with Crippen molar-refractivity contribution >= 4 is 11.9 Å². The van der Waals surface area contributed by atoms with Gasteiger partial charge in [-0.15, -0.1) is 0 Å². The van der Waals surface area contributed by atoms with Crippen LogP contribution in [0.3, 0.4) is 0 Å². The van der Waals surface area contributed by atoms with Gasteiger partial charge in [0.25, 0.3) is 5.91 Å². The van der Waals surface area contributed by atoms with Crippen LogP contribution in [0.15, 0.2) is 66.9 Å². The van der Waals surface area contributed by atoms with E-state index in [9.17, 15) is 9.59 Å². The molecule has 0 bridgehead atoms. The Morgan fingerprint density at radius 3 is 2.37 bits per heavy atom. The van der Waals surface area contributed by atoms with E-state index in [0.29, 0.717) is 37.3 Å². The normalized spacial score (nSPS) is 13.3. The summed E-state index contributed by atoms with van der Waals surface area (Å²) in [5.41, 5.74) is 3.24. The third-order valence-corrected chi connectivity index (χ3v) is 4.70. The second kappa shape index (κ2) is 7.45. The number of nitrogens with one attached hydrogen (secondary N) is 1. The van der Waals surface area contributed by atoms with Gasteiger partial charge >= 0.3 is 6.03 Å². The van der Waals surface area contributed by atoms with Gasteiger partial charge in [-0.25, -0.2) is 4.79 Å². The van der Waals surface area contributed by atoms with Crippen molar-refractivity contribution in [3.63, 3.8) is 0 Å². The van der Waals surface area contributed by atoms with Crippen LogP contribution in [0, 0.1) is 0 Å². The van der Waals surface area contributed by atoms with E-state index in [1.165, 1.54) is 10.9 Å². The Labute approximate surface area is 157 Å². The first-order chi connectivity index (χ1) is 13.2. The molecular weight excluding hydrogens is 340 g/mol. The summed E-state index contributed by atoms with van der Waals surface area (Å²) in [7, 11) is 0. The fourth-order valence-corrected chi connectivity index (χ4v) is 3.26. The second-order valence-corrected chi connectivity index (χ2v) is 6.52. The first kappa shape index (κ1) is 17.0. The maximum atomic E-state index is 12.7. The first-order valence-electron chi connectivity index (χ1n) is 8.94. The number of rotatable bonds is 5. The zero-order valence-electron chi connectivity index (χ0n) is 14.8. The van der Waals surface area contributed by atoms with Crippen LogP contribution in [0.4, 0.5) is 4.79 Å². The molecule has 0 saturated carbocycles. The lowest BCUT2D eigenvalue weighted by Gasteiger charge is -2.27. The Hall–Kier alpha value is -3.41. The number of hydrogen-bond acceptors (Lipinski definition) is 3. The smallest absolute Gasteiger partial charge is 0.345 e. The van der Waals surface area contributed by atoms with E-state index in [4.69, 9.17) is 0 Å². The second-order valence-electron chi connectivity index (χ2n) is 6.52. The predicted octanol–water partition coefficient (Wildman–Crippen LogP) is 2.84. The Morgan fingerprint density at radius 1 is 1.00 bits per heavy atom. The van der Waals surface area contributed by atoms with Crippen LogP contribution in [-0.2, 0) is 19.5 Å². The highest BCUT2D eigenvalue weighted by Gasteiger charge is 2.29. The molecule has 0 saturated heterocycles. The van der Waals surface area contributed by atoms with E-state index >= 15 is 0 Å². The van der Waals surface area contributed by atoms with Gasteiger partial charge in [-0.3, -0.25) is 4.79 Å². The van der Waals surface area contributed by atoms with Crippen molar-refractivity contribution in [2.45, 2.75) is 19.5 Å². The van der Waals surface area contributed by atoms with Crippen LogP contribution < -0.4 is 5.32 Å². The van der Waals surface area contributed by atoms with Crippen molar-refractivity contribution in [2.24, 2.45) is 0 Å². The van der Waals surface area contributed by atoms with Crippen LogP contribution in [0.25, 0.3) is 0 Å². The largest absolute Gasteiger partial charge is 0.348 e. The molecule has 3 aromatic rings. The predicted molar refractivity (Wildman–Crippen MR) is 101 cm³/mol. The molecule has 136 valence electrons. The fourth-order valence-electron chi connectivity index (χ4n) is 3.26. The van der Waals surface area contributed by atoms with E-state index in [1.54, 1.807) is 4.90 Å². The van der Waals surface area contributed by atoms with E-state index in [1.807, 2.05) is 60.7 Å². The number of benzene rings is 2. The quantitative estimate of drug-likeness (QED) is 0.761. The molecular formula is C21H20N4O2. The Morgan fingerprint density at radius 2 is 1.67 bits per heavy atom. The lowest BCUT2D eigenvalue weighted by molar-refractivity contribution is 0.0949. The number of amides is 2. The number of nitrogens with zero attached hydrogens (tertiary/aromatic N) is 3. The van der Waals surface area contributed by atoms with Gasteiger partial charge < -0.3 is 10.2 Å². The molecule has 1 aliphatic rings. The molecule has 1 aromatic heterocycles. The first-order valence-corrected chi connectivity index (χ1v) is 8.94. The van der Waals surface area contributed by atoms with Crippen LogP contribution in [0.5, 0.6) is 0 Å². The zero-order chi connectivity index (χ0) is 18.6. The summed E-state index contributed by atoms with van der Waals surface area (Å²) < 4.78 is 1.35. The van der Waals surface area contributed by atoms with Gasteiger partial charge in [0, 0.05) is 26.1 Å². The minimum atomic E-state index is -0.204.